The maximum atomic E-state index is 9.04. The molecule has 0 spiro atoms. The van der Waals surface area contributed by atoms with Crippen molar-refractivity contribution in [3.63, 3.8) is 0 Å². The number of piperidine rings is 1. The lowest BCUT2D eigenvalue weighted by Crippen LogP contribution is -2.58. The Morgan fingerprint density at radius 1 is 1.14 bits per heavy atom. The fourth-order valence-corrected chi connectivity index (χ4v) is 4.94. The molecule has 4 heterocycles. The lowest BCUT2D eigenvalue weighted by molar-refractivity contribution is -0.0769. The molecule has 2 unspecified atom stereocenters. The van der Waals surface area contributed by atoms with Crippen LogP contribution >= 0.6 is 11.6 Å². The Bertz CT molecular complexity index is 1220. The molecule has 0 aliphatic carbocycles. The van der Waals surface area contributed by atoms with E-state index in [0.29, 0.717) is 41.2 Å². The van der Waals surface area contributed by atoms with Crippen molar-refractivity contribution in [2.45, 2.75) is 32.3 Å². The summed E-state index contributed by atoms with van der Waals surface area (Å²) in [5.41, 5.74) is 2.33. The number of nitrogens with zero attached hydrogens (tertiary/aromatic N) is 6. The monoisotopic (exact) mass is 505 g/mol. The first-order valence-electron chi connectivity index (χ1n) is 12.2. The van der Waals surface area contributed by atoms with Gasteiger partial charge in [0.15, 0.2) is 0 Å². The first-order chi connectivity index (χ1) is 17.6. The average Bonchev–Trinajstić information content (AvgIpc) is 2.89. The van der Waals surface area contributed by atoms with E-state index in [-0.39, 0.29) is 17.9 Å². The molecule has 5 rings (SSSR count). The zero-order chi connectivity index (χ0) is 24.9. The number of benzene rings is 1. The second-order valence-electron chi connectivity index (χ2n) is 9.21. The molecule has 2 fully saturated rings. The highest BCUT2D eigenvalue weighted by Gasteiger charge is 2.43. The van der Waals surface area contributed by atoms with Crippen LogP contribution in [0.2, 0.25) is 5.02 Å². The van der Waals surface area contributed by atoms with Gasteiger partial charge in [-0.15, -0.1) is 0 Å². The number of ether oxygens (including phenoxy) is 2. The summed E-state index contributed by atoms with van der Waals surface area (Å²) in [5, 5.41) is 12.7. The molecule has 0 amide bonds. The van der Waals surface area contributed by atoms with E-state index in [0.717, 1.165) is 38.3 Å². The number of fused-ring (bicyclic) bond motifs is 2. The number of unbranched alkanes of at least 4 members (excludes halogenated alkanes) is 1. The van der Waals surface area contributed by atoms with Crippen molar-refractivity contribution in [3.8, 4) is 11.9 Å². The molecule has 2 aliphatic heterocycles. The minimum absolute atomic E-state index is 0.0277. The average molecular weight is 506 g/mol. The fourth-order valence-electron chi connectivity index (χ4n) is 4.71. The molecule has 1 N–H and O–H groups in total. The molecule has 0 radical (unpaired) electrons. The summed E-state index contributed by atoms with van der Waals surface area (Å²) in [7, 11) is 0. The SMILES string of the molecule is CCCCc1cnc(N2CC3COCC(C2)C3Oc2cc(Nc3ccc(C#N)cc3Cl)ncn2)nc1. The van der Waals surface area contributed by atoms with E-state index in [1.807, 2.05) is 12.4 Å². The molecule has 186 valence electrons. The van der Waals surface area contributed by atoms with E-state index in [4.69, 9.17) is 26.3 Å². The lowest BCUT2D eigenvalue weighted by Gasteiger charge is -2.46. The van der Waals surface area contributed by atoms with Crippen LogP contribution in [0.25, 0.3) is 0 Å². The lowest BCUT2D eigenvalue weighted by atomic mass is 9.84. The minimum atomic E-state index is -0.0277. The molecule has 9 nitrogen and oxygen atoms in total. The van der Waals surface area contributed by atoms with Gasteiger partial charge in [-0.1, -0.05) is 24.9 Å². The van der Waals surface area contributed by atoms with E-state index < -0.39 is 0 Å². The fraction of sp³-hybridized carbons (Fsp3) is 0.423. The summed E-state index contributed by atoms with van der Waals surface area (Å²) in [6.45, 7) is 4.93. The highest BCUT2D eigenvalue weighted by atomic mass is 35.5. The smallest absolute Gasteiger partial charge is 0.225 e. The largest absolute Gasteiger partial charge is 0.473 e. The number of halogens is 1. The number of nitriles is 1. The number of hydrogen-bond donors (Lipinski definition) is 1. The number of anilines is 3. The Morgan fingerprint density at radius 2 is 1.92 bits per heavy atom. The van der Waals surface area contributed by atoms with Crippen LogP contribution in [0.4, 0.5) is 17.5 Å². The second-order valence-corrected chi connectivity index (χ2v) is 9.62. The van der Waals surface area contributed by atoms with Crippen LogP contribution in [0.15, 0.2) is 43.0 Å². The maximum absolute atomic E-state index is 9.04. The Morgan fingerprint density at radius 3 is 2.61 bits per heavy atom. The van der Waals surface area contributed by atoms with E-state index in [1.54, 1.807) is 24.3 Å². The van der Waals surface area contributed by atoms with Crippen LogP contribution in [0.1, 0.15) is 30.9 Å². The van der Waals surface area contributed by atoms with E-state index in [2.05, 4.69) is 43.1 Å². The van der Waals surface area contributed by atoms with Crippen LogP contribution in [0, 0.1) is 23.2 Å². The predicted octanol–water partition coefficient (Wildman–Crippen LogP) is 4.41. The number of rotatable bonds is 8. The normalized spacial score (nSPS) is 21.0. The third-order valence-electron chi connectivity index (χ3n) is 6.56. The summed E-state index contributed by atoms with van der Waals surface area (Å²) in [4.78, 5) is 20.1. The van der Waals surface area contributed by atoms with Gasteiger partial charge in [0, 0.05) is 43.4 Å². The van der Waals surface area contributed by atoms with Gasteiger partial charge in [-0.25, -0.2) is 19.9 Å². The highest BCUT2D eigenvalue weighted by molar-refractivity contribution is 6.33. The molecule has 2 aliphatic rings. The number of aryl methyl sites for hydroxylation is 1. The van der Waals surface area contributed by atoms with Gasteiger partial charge in [0.25, 0.3) is 0 Å². The van der Waals surface area contributed by atoms with Crippen molar-refractivity contribution in [2.24, 2.45) is 11.8 Å². The third kappa shape index (κ3) is 5.50. The molecule has 10 heteroatoms. The predicted molar refractivity (Wildman–Crippen MR) is 137 cm³/mol. The molecule has 0 saturated carbocycles. The van der Waals surface area contributed by atoms with Gasteiger partial charge >= 0.3 is 0 Å². The van der Waals surface area contributed by atoms with E-state index in [1.165, 1.54) is 11.9 Å². The van der Waals surface area contributed by atoms with Crippen LogP contribution < -0.4 is 15.0 Å². The van der Waals surface area contributed by atoms with Gasteiger partial charge in [0.2, 0.25) is 11.8 Å². The van der Waals surface area contributed by atoms with Gasteiger partial charge in [-0.3, -0.25) is 0 Å². The molecule has 2 bridgehead atoms. The summed E-state index contributed by atoms with van der Waals surface area (Å²) in [6.07, 6.45) is 8.65. The molecular weight excluding hydrogens is 478 g/mol. The molecule has 2 saturated heterocycles. The standard InChI is InChI=1S/C26H28ClN7O2/c1-2-3-4-18-10-29-26(30-11-18)34-12-19-14-35-15-20(13-34)25(19)36-24-8-23(31-16-32-24)33-22-6-5-17(9-28)7-21(22)27/h5-8,10-11,16,19-20,25H,2-4,12-15H2,1H3,(H,31,32,33). The highest BCUT2D eigenvalue weighted by Crippen LogP contribution is 2.33. The Kier molecular flexibility index (Phi) is 7.44. The molecule has 2 atom stereocenters. The van der Waals surface area contributed by atoms with Crippen LogP contribution in [0.3, 0.4) is 0 Å². The summed E-state index contributed by atoms with van der Waals surface area (Å²) in [6, 6.07) is 8.90. The van der Waals surface area contributed by atoms with E-state index >= 15 is 0 Å². The molecule has 1 aromatic carbocycles. The Balaban J connectivity index is 1.25. The van der Waals surface area contributed by atoms with E-state index in [9.17, 15) is 0 Å². The first kappa shape index (κ1) is 24.2. The van der Waals surface area contributed by atoms with Gasteiger partial charge in [0.05, 0.1) is 35.6 Å². The zero-order valence-corrected chi connectivity index (χ0v) is 20.9. The summed E-state index contributed by atoms with van der Waals surface area (Å²) < 4.78 is 12.3. The van der Waals surface area contributed by atoms with Crippen LogP contribution in [-0.2, 0) is 11.2 Å². The number of aromatic nitrogens is 4. The molecular formula is C26H28ClN7O2. The maximum Gasteiger partial charge on any atom is 0.225 e. The van der Waals surface area contributed by atoms with Crippen molar-refractivity contribution >= 4 is 29.1 Å². The van der Waals surface area contributed by atoms with Crippen molar-refractivity contribution in [1.82, 2.24) is 19.9 Å². The molecule has 3 aromatic rings. The molecule has 36 heavy (non-hydrogen) atoms. The van der Waals surface area contributed by atoms with Crippen molar-refractivity contribution < 1.29 is 9.47 Å². The number of nitrogens with one attached hydrogen (secondary N) is 1. The van der Waals surface area contributed by atoms with Crippen molar-refractivity contribution in [3.05, 3.63) is 59.1 Å². The van der Waals surface area contributed by atoms with Crippen molar-refractivity contribution in [1.29, 1.82) is 5.26 Å². The first-order valence-corrected chi connectivity index (χ1v) is 12.6. The summed E-state index contributed by atoms with van der Waals surface area (Å²) in [5.74, 6) is 2.14. The topological polar surface area (TPSA) is 109 Å². The van der Waals surface area contributed by atoms with Gasteiger partial charge in [-0.2, -0.15) is 5.26 Å². The quantitative estimate of drug-likeness (QED) is 0.476. The van der Waals surface area contributed by atoms with Crippen molar-refractivity contribution in [2.75, 3.05) is 36.5 Å². The minimum Gasteiger partial charge on any atom is -0.473 e. The second kappa shape index (κ2) is 11.1. The third-order valence-corrected chi connectivity index (χ3v) is 6.87. The van der Waals surface area contributed by atoms with Crippen LogP contribution in [-0.4, -0.2) is 52.3 Å². The number of hydrogen-bond acceptors (Lipinski definition) is 9. The van der Waals surface area contributed by atoms with Gasteiger partial charge < -0.3 is 19.7 Å². The summed E-state index contributed by atoms with van der Waals surface area (Å²) >= 11 is 6.30. The van der Waals surface area contributed by atoms with Gasteiger partial charge in [0.1, 0.15) is 18.2 Å². The Hall–Kier alpha value is -3.48. The zero-order valence-electron chi connectivity index (χ0n) is 20.1. The Labute approximate surface area is 215 Å². The van der Waals surface area contributed by atoms with Crippen LogP contribution in [0.5, 0.6) is 5.88 Å². The molecule has 2 aromatic heterocycles. The van der Waals surface area contributed by atoms with Gasteiger partial charge in [-0.05, 0) is 36.6 Å².